The molecule has 0 heterocycles. The number of hydrogen-bond donors (Lipinski definition) is 1. The van der Waals surface area contributed by atoms with Crippen molar-refractivity contribution in [3.63, 3.8) is 0 Å². The minimum absolute atomic E-state index is 0. The second kappa shape index (κ2) is 13.2. The van der Waals surface area contributed by atoms with Gasteiger partial charge in [-0.25, -0.2) is 0 Å². The normalized spacial score (nSPS) is 6.44. The second-order valence-electron chi connectivity index (χ2n) is 0.408. The zero-order valence-electron chi connectivity index (χ0n) is 4.13. The van der Waals surface area contributed by atoms with Crippen molar-refractivity contribution in [2.75, 3.05) is 0 Å². The van der Waals surface area contributed by atoms with Gasteiger partial charge in [-0.1, -0.05) is 0 Å². The Balaban J connectivity index is -0.0000000133. The third kappa shape index (κ3) is 115. The molecule has 0 spiro atoms. The molecule has 0 aliphatic heterocycles. The van der Waals surface area contributed by atoms with E-state index in [-0.39, 0.29) is 89.2 Å². The molecule has 0 rings (SSSR count). The first kappa shape index (κ1) is 29.9. The molecule has 0 aromatic carbocycles. The summed E-state index contributed by atoms with van der Waals surface area (Å²) in [5.74, 6) is 0. The van der Waals surface area contributed by atoms with Gasteiger partial charge in [0.05, 0.1) is 0 Å². The van der Waals surface area contributed by atoms with Gasteiger partial charge in [0.15, 0.2) is 0 Å². The minimum atomic E-state index is -5.75. The van der Waals surface area contributed by atoms with Crippen LogP contribution >= 0.6 is 0 Å². The fraction of sp³-hybridized carbons (Fsp3) is 0. The van der Waals surface area contributed by atoms with Crippen molar-refractivity contribution in [2.45, 2.75) is 0 Å². The standard InChI is InChI=1S/Ba.Cr.Cu.Mn.H3N.4O/h;;;;1H3;;;;/q+2;;2*+2;;;;2*-1. The molecule has 0 aromatic rings. The molecule has 0 saturated carbocycles. The Labute approximate surface area is 116 Å². The predicted molar refractivity (Wildman–Crippen MR) is 12.1 cm³/mol. The van der Waals surface area contributed by atoms with E-state index < -0.39 is 13.6 Å². The molecule has 0 saturated heterocycles. The summed E-state index contributed by atoms with van der Waals surface area (Å²) in [6, 6.07) is 0. The Morgan fingerprint density at radius 1 is 1.11 bits per heavy atom. The fourth-order valence-corrected chi connectivity index (χ4v) is 0. The van der Waals surface area contributed by atoms with E-state index in [0.29, 0.717) is 0 Å². The quantitative estimate of drug-likeness (QED) is 0.449. The summed E-state index contributed by atoms with van der Waals surface area (Å²) in [5.41, 5.74) is 0. The third-order valence-electron chi connectivity index (χ3n) is 0. The Kier molecular flexibility index (Phi) is 44.0. The van der Waals surface area contributed by atoms with Gasteiger partial charge in [-0.3, -0.25) is 0 Å². The Bertz CT molecular complexity index is 104. The average Bonchev–Trinajstić information content (AvgIpc) is 0.722. The molecule has 0 aliphatic rings. The van der Waals surface area contributed by atoms with Crippen LogP contribution in [0.5, 0.6) is 0 Å². The number of hydrogen-bond acceptors (Lipinski definition) is 5. The van der Waals surface area contributed by atoms with Crippen LogP contribution in [0.25, 0.3) is 0 Å². The van der Waals surface area contributed by atoms with Gasteiger partial charge >= 0.3 is 113 Å². The first-order chi connectivity index (χ1) is 2.00. The van der Waals surface area contributed by atoms with E-state index in [0.717, 1.165) is 0 Å². The molecule has 0 amide bonds. The van der Waals surface area contributed by atoms with Gasteiger partial charge in [0.25, 0.3) is 0 Å². The predicted octanol–water partition coefficient (Wildman–Crippen LogP) is -2.84. The summed E-state index contributed by atoms with van der Waals surface area (Å²) in [7, 11) is 0. The van der Waals surface area contributed by atoms with Crippen LogP contribution in [0.3, 0.4) is 0 Å². The Morgan fingerprint density at radius 3 is 1.11 bits per heavy atom. The zero-order valence-corrected chi connectivity index (χ0v) is 12.0. The van der Waals surface area contributed by atoms with E-state index in [9.17, 15) is 0 Å². The molecule has 0 aliphatic carbocycles. The van der Waals surface area contributed by atoms with Crippen molar-refractivity contribution in [1.29, 1.82) is 0 Å². The SMILES string of the molecule is N.[Ba+2].[Cu+2].[Mn+2].[O]=[Cr](=[O])([O-])[O-]. The first-order valence-electron chi connectivity index (χ1n) is 0.667. The molecule has 2 radical (unpaired) electrons. The van der Waals surface area contributed by atoms with Crippen LogP contribution < -0.4 is 14.5 Å². The fourth-order valence-electron chi connectivity index (χ4n) is 0. The molecule has 0 atom stereocenters. The van der Waals surface area contributed by atoms with Gasteiger partial charge in [-0.05, 0) is 0 Å². The van der Waals surface area contributed by atoms with Crippen molar-refractivity contribution in [3.8, 4) is 0 Å². The van der Waals surface area contributed by atoms with Crippen LogP contribution in [0.15, 0.2) is 0 Å². The van der Waals surface area contributed by atoms with Gasteiger partial charge in [-0.15, -0.1) is 0 Å². The average molecular weight is 389 g/mol. The summed E-state index contributed by atoms with van der Waals surface area (Å²) in [6.07, 6.45) is 0. The molecule has 0 aromatic heterocycles. The van der Waals surface area contributed by atoms with E-state index in [4.69, 9.17) is 15.9 Å². The first-order valence-corrected chi connectivity index (χ1v) is 2.75. The van der Waals surface area contributed by atoms with Crippen LogP contribution in [0, 0.1) is 0 Å². The Hall–Kier alpha value is 2.62. The van der Waals surface area contributed by atoms with Gasteiger partial charge in [0.1, 0.15) is 0 Å². The van der Waals surface area contributed by atoms with E-state index >= 15 is 0 Å². The molecular formula is H3BaCrCuMnNO4+4. The molecule has 5 nitrogen and oxygen atoms in total. The summed E-state index contributed by atoms with van der Waals surface area (Å²) in [4.78, 5) is 0. The molecular weight excluding hydrogens is 386 g/mol. The number of rotatable bonds is 0. The summed E-state index contributed by atoms with van der Waals surface area (Å²) < 4.78 is 34.4. The van der Waals surface area contributed by atoms with Crippen LogP contribution in [-0.4, -0.2) is 48.9 Å². The third-order valence-corrected chi connectivity index (χ3v) is 0. The molecule has 54 valence electrons. The molecule has 9 heteroatoms. The maximum atomic E-state index is 8.59. The van der Waals surface area contributed by atoms with Crippen molar-refractivity contribution in [3.05, 3.63) is 0 Å². The van der Waals surface area contributed by atoms with E-state index in [1.807, 2.05) is 0 Å². The Morgan fingerprint density at radius 2 is 1.11 bits per heavy atom. The molecule has 3 N–H and O–H groups in total. The van der Waals surface area contributed by atoms with Crippen LogP contribution in [-0.2, 0) is 55.4 Å². The van der Waals surface area contributed by atoms with Gasteiger partial charge in [-0.2, -0.15) is 0 Å². The van der Waals surface area contributed by atoms with E-state index in [1.54, 1.807) is 0 Å². The van der Waals surface area contributed by atoms with E-state index in [2.05, 4.69) is 0 Å². The van der Waals surface area contributed by atoms with Gasteiger partial charge in [0.2, 0.25) is 0 Å². The van der Waals surface area contributed by atoms with Crippen LogP contribution in [0.1, 0.15) is 0 Å². The van der Waals surface area contributed by atoms with Crippen LogP contribution in [0.4, 0.5) is 0 Å². The topological polar surface area (TPSA) is 115 Å². The van der Waals surface area contributed by atoms with Crippen molar-refractivity contribution >= 4 is 48.9 Å². The summed E-state index contributed by atoms with van der Waals surface area (Å²) >= 11 is -5.75. The molecule has 9 heavy (non-hydrogen) atoms. The van der Waals surface area contributed by atoms with Crippen molar-refractivity contribution in [2.24, 2.45) is 0 Å². The monoisotopic (exact) mass is 389 g/mol. The summed E-state index contributed by atoms with van der Waals surface area (Å²) in [6.45, 7) is 0. The van der Waals surface area contributed by atoms with E-state index in [1.165, 1.54) is 0 Å². The van der Waals surface area contributed by atoms with Crippen LogP contribution in [0.2, 0.25) is 0 Å². The van der Waals surface area contributed by atoms with Crippen molar-refractivity contribution in [1.82, 2.24) is 6.15 Å². The molecule has 0 bridgehead atoms. The molecule has 0 fully saturated rings. The van der Waals surface area contributed by atoms with Gasteiger partial charge < -0.3 is 6.15 Å². The second-order valence-corrected chi connectivity index (χ2v) is 1.68. The maximum absolute atomic E-state index is 8.59. The zero-order chi connectivity index (χ0) is 4.50. The van der Waals surface area contributed by atoms with Gasteiger partial charge in [0, 0.05) is 0 Å². The summed E-state index contributed by atoms with van der Waals surface area (Å²) in [5, 5.41) is 0. The molecule has 0 unspecified atom stereocenters. The van der Waals surface area contributed by atoms with Crippen molar-refractivity contribution < 1.29 is 63.7 Å².